The maximum Gasteiger partial charge on any atom is 0.311 e. The molecule has 0 bridgehead atoms. The molecule has 0 aliphatic heterocycles. The Bertz CT molecular complexity index is 630. The number of benzene rings is 1. The van der Waals surface area contributed by atoms with Gasteiger partial charge in [-0.25, -0.2) is 0 Å². The molecule has 1 aromatic heterocycles. The van der Waals surface area contributed by atoms with Gasteiger partial charge in [-0.15, -0.1) is 0 Å². The van der Waals surface area contributed by atoms with Crippen LogP contribution in [0.2, 0.25) is 0 Å². The van der Waals surface area contributed by atoms with Crippen LogP contribution in [-0.2, 0) is 17.8 Å². The molecule has 0 fully saturated rings. The number of hydrogen-bond acceptors (Lipinski definition) is 2. The highest BCUT2D eigenvalue weighted by Crippen LogP contribution is 2.39. The minimum Gasteiger partial charge on any atom is -0.481 e. The minimum atomic E-state index is -0.743. The van der Waals surface area contributed by atoms with Crippen molar-refractivity contribution in [2.75, 3.05) is 6.61 Å². The lowest BCUT2D eigenvalue weighted by molar-refractivity contribution is -0.139. The average molecular weight is 259 g/mol. The molecule has 0 amide bonds. The zero-order chi connectivity index (χ0) is 13.4. The molecular formula is C15H17NO3. The molecule has 4 heteroatoms. The Morgan fingerprint density at radius 3 is 2.89 bits per heavy atom. The van der Waals surface area contributed by atoms with Crippen molar-refractivity contribution in [2.24, 2.45) is 0 Å². The summed E-state index contributed by atoms with van der Waals surface area (Å²) in [7, 11) is 0. The standard InChI is InChI=1S/C15H17NO3/c17-9-8-16-12-6-2-1-4-10(12)14-11(15(18)19)5-3-7-13(14)16/h1-2,4,6,11,17H,3,5,7-9H2,(H,18,19). The van der Waals surface area contributed by atoms with Crippen molar-refractivity contribution in [3.05, 3.63) is 35.5 Å². The number of nitrogens with zero attached hydrogens (tertiary/aromatic N) is 1. The second-order valence-corrected chi connectivity index (χ2v) is 5.04. The van der Waals surface area contributed by atoms with E-state index in [-0.39, 0.29) is 6.61 Å². The van der Waals surface area contributed by atoms with E-state index < -0.39 is 11.9 Å². The van der Waals surface area contributed by atoms with Crippen LogP contribution in [0.5, 0.6) is 0 Å². The molecular weight excluding hydrogens is 242 g/mol. The van der Waals surface area contributed by atoms with Gasteiger partial charge in [-0.05, 0) is 30.9 Å². The summed E-state index contributed by atoms with van der Waals surface area (Å²) in [5.74, 6) is -1.15. The topological polar surface area (TPSA) is 62.5 Å². The molecule has 19 heavy (non-hydrogen) atoms. The Morgan fingerprint density at radius 2 is 2.16 bits per heavy atom. The van der Waals surface area contributed by atoms with E-state index in [2.05, 4.69) is 4.57 Å². The Balaban J connectivity index is 2.29. The molecule has 3 rings (SSSR count). The monoisotopic (exact) mass is 259 g/mol. The number of para-hydroxylation sites is 1. The summed E-state index contributed by atoms with van der Waals surface area (Å²) in [5.41, 5.74) is 3.09. The Morgan fingerprint density at radius 1 is 1.37 bits per heavy atom. The molecule has 1 heterocycles. The highest BCUT2D eigenvalue weighted by Gasteiger charge is 2.31. The highest BCUT2D eigenvalue weighted by atomic mass is 16.4. The van der Waals surface area contributed by atoms with Crippen molar-refractivity contribution in [3.8, 4) is 0 Å². The van der Waals surface area contributed by atoms with Gasteiger partial charge >= 0.3 is 5.97 Å². The van der Waals surface area contributed by atoms with Gasteiger partial charge in [-0.3, -0.25) is 4.79 Å². The molecule has 1 aromatic carbocycles. The number of carbonyl (C=O) groups is 1. The normalized spacial score (nSPS) is 18.5. The second kappa shape index (κ2) is 4.70. The van der Waals surface area contributed by atoms with E-state index in [1.807, 2.05) is 24.3 Å². The Labute approximate surface area is 111 Å². The number of carboxylic acids is 1. The van der Waals surface area contributed by atoms with Gasteiger partial charge in [0.15, 0.2) is 0 Å². The highest BCUT2D eigenvalue weighted by molar-refractivity contribution is 5.91. The third kappa shape index (κ3) is 1.83. The van der Waals surface area contributed by atoms with Gasteiger partial charge in [0.2, 0.25) is 0 Å². The number of carboxylic acid groups (broad SMARTS) is 1. The van der Waals surface area contributed by atoms with Gasteiger partial charge in [-0.1, -0.05) is 18.2 Å². The van der Waals surface area contributed by atoms with Crippen LogP contribution in [0.3, 0.4) is 0 Å². The van der Waals surface area contributed by atoms with Crippen molar-refractivity contribution in [1.29, 1.82) is 0 Å². The van der Waals surface area contributed by atoms with Crippen LogP contribution < -0.4 is 0 Å². The molecule has 0 radical (unpaired) electrons. The predicted octanol–water partition coefficient (Wildman–Crippen LogP) is 2.14. The number of aliphatic carboxylic acids is 1. The number of aliphatic hydroxyl groups is 1. The van der Waals surface area contributed by atoms with Crippen LogP contribution in [0.4, 0.5) is 0 Å². The van der Waals surface area contributed by atoms with Crippen LogP contribution in [0.25, 0.3) is 10.9 Å². The molecule has 0 spiro atoms. The number of aromatic nitrogens is 1. The molecule has 0 saturated carbocycles. The first kappa shape index (κ1) is 12.2. The van der Waals surface area contributed by atoms with Crippen LogP contribution in [0, 0.1) is 0 Å². The molecule has 1 aliphatic carbocycles. The van der Waals surface area contributed by atoms with Gasteiger partial charge in [0.1, 0.15) is 0 Å². The van der Waals surface area contributed by atoms with Gasteiger partial charge in [0, 0.05) is 23.1 Å². The average Bonchev–Trinajstić information content (AvgIpc) is 2.74. The lowest BCUT2D eigenvalue weighted by Gasteiger charge is -2.21. The first-order valence-electron chi connectivity index (χ1n) is 6.67. The molecule has 2 aromatic rings. The molecule has 0 saturated heterocycles. The number of rotatable bonds is 3. The third-order valence-corrected chi connectivity index (χ3v) is 4.00. The fourth-order valence-electron chi connectivity index (χ4n) is 3.26. The number of hydrogen-bond donors (Lipinski definition) is 2. The van der Waals surface area contributed by atoms with E-state index in [0.717, 1.165) is 35.0 Å². The summed E-state index contributed by atoms with van der Waals surface area (Å²) in [6, 6.07) is 7.89. The second-order valence-electron chi connectivity index (χ2n) is 5.04. The number of aliphatic hydroxyl groups excluding tert-OH is 1. The van der Waals surface area contributed by atoms with Crippen LogP contribution in [-0.4, -0.2) is 27.4 Å². The molecule has 100 valence electrons. The first-order valence-corrected chi connectivity index (χ1v) is 6.67. The zero-order valence-corrected chi connectivity index (χ0v) is 10.7. The minimum absolute atomic E-state index is 0.0723. The third-order valence-electron chi connectivity index (χ3n) is 4.00. The first-order chi connectivity index (χ1) is 9.24. The molecule has 1 atom stereocenters. The largest absolute Gasteiger partial charge is 0.481 e. The van der Waals surface area contributed by atoms with E-state index in [1.165, 1.54) is 0 Å². The summed E-state index contributed by atoms with van der Waals surface area (Å²) in [6.07, 6.45) is 2.50. The zero-order valence-electron chi connectivity index (χ0n) is 10.7. The predicted molar refractivity (Wildman–Crippen MR) is 72.3 cm³/mol. The van der Waals surface area contributed by atoms with Gasteiger partial charge in [-0.2, -0.15) is 0 Å². The Kier molecular flexibility index (Phi) is 3.03. The van der Waals surface area contributed by atoms with Crippen molar-refractivity contribution in [2.45, 2.75) is 31.7 Å². The fraction of sp³-hybridized carbons (Fsp3) is 0.400. The van der Waals surface area contributed by atoms with E-state index in [4.69, 9.17) is 0 Å². The van der Waals surface area contributed by atoms with E-state index in [9.17, 15) is 15.0 Å². The van der Waals surface area contributed by atoms with E-state index in [1.54, 1.807) is 0 Å². The molecule has 1 aliphatic rings. The summed E-state index contributed by atoms with van der Waals surface area (Å²) in [5, 5.41) is 19.7. The fourth-order valence-corrected chi connectivity index (χ4v) is 3.26. The lowest BCUT2D eigenvalue weighted by Crippen LogP contribution is -2.19. The quantitative estimate of drug-likeness (QED) is 0.887. The summed E-state index contributed by atoms with van der Waals surface area (Å²) >= 11 is 0. The van der Waals surface area contributed by atoms with Crippen molar-refractivity contribution >= 4 is 16.9 Å². The summed E-state index contributed by atoms with van der Waals surface area (Å²) in [6.45, 7) is 0.602. The Hall–Kier alpha value is -1.81. The van der Waals surface area contributed by atoms with Crippen LogP contribution in [0.15, 0.2) is 24.3 Å². The van der Waals surface area contributed by atoms with E-state index in [0.29, 0.717) is 13.0 Å². The SMILES string of the molecule is O=C(O)C1CCCc2c1c1ccccc1n2CCO. The maximum atomic E-state index is 11.5. The smallest absolute Gasteiger partial charge is 0.311 e. The van der Waals surface area contributed by atoms with Crippen molar-refractivity contribution in [3.63, 3.8) is 0 Å². The van der Waals surface area contributed by atoms with Gasteiger partial charge in [0.25, 0.3) is 0 Å². The summed E-state index contributed by atoms with van der Waals surface area (Å²) in [4.78, 5) is 11.5. The maximum absolute atomic E-state index is 11.5. The van der Waals surface area contributed by atoms with Gasteiger partial charge in [0.05, 0.1) is 12.5 Å². The van der Waals surface area contributed by atoms with Crippen LogP contribution in [0.1, 0.15) is 30.0 Å². The summed E-state index contributed by atoms with van der Waals surface area (Å²) < 4.78 is 2.08. The molecule has 4 nitrogen and oxygen atoms in total. The van der Waals surface area contributed by atoms with Crippen LogP contribution >= 0.6 is 0 Å². The number of fused-ring (bicyclic) bond motifs is 3. The molecule has 2 N–H and O–H groups in total. The van der Waals surface area contributed by atoms with Crippen molar-refractivity contribution in [1.82, 2.24) is 4.57 Å². The molecule has 1 unspecified atom stereocenters. The van der Waals surface area contributed by atoms with E-state index >= 15 is 0 Å². The van der Waals surface area contributed by atoms with Crippen molar-refractivity contribution < 1.29 is 15.0 Å². The lowest BCUT2D eigenvalue weighted by atomic mass is 9.85. The van der Waals surface area contributed by atoms with Gasteiger partial charge < -0.3 is 14.8 Å².